The number of aryl methyl sites for hydroxylation is 1. The lowest BCUT2D eigenvalue weighted by Crippen LogP contribution is -2.55. The Kier molecular flexibility index (Phi) is 4.88. The highest BCUT2D eigenvalue weighted by Gasteiger charge is 2.35. The third-order valence-corrected chi connectivity index (χ3v) is 4.70. The fourth-order valence-electron chi connectivity index (χ4n) is 3.20. The molecule has 0 aromatic heterocycles. The van der Waals surface area contributed by atoms with Crippen molar-refractivity contribution in [3.05, 3.63) is 34.9 Å². The van der Waals surface area contributed by atoms with E-state index in [1.807, 2.05) is 12.1 Å². The summed E-state index contributed by atoms with van der Waals surface area (Å²) in [4.78, 5) is 4.88. The number of nitrogens with zero attached hydrogens (tertiary/aromatic N) is 2. The molecule has 106 valence electrons. The molecule has 1 aromatic rings. The zero-order valence-corrected chi connectivity index (χ0v) is 13.1. The molecule has 1 saturated heterocycles. The van der Waals surface area contributed by atoms with Gasteiger partial charge in [0.1, 0.15) is 0 Å². The van der Waals surface area contributed by atoms with Crippen LogP contribution in [0.25, 0.3) is 0 Å². The third-order valence-electron chi connectivity index (χ3n) is 4.46. The van der Waals surface area contributed by atoms with Crippen molar-refractivity contribution in [2.75, 3.05) is 34.2 Å². The summed E-state index contributed by atoms with van der Waals surface area (Å²) in [5.41, 5.74) is 1.66. The van der Waals surface area contributed by atoms with Crippen LogP contribution in [0.15, 0.2) is 24.3 Å². The second-order valence-electron chi connectivity index (χ2n) is 6.09. The average molecular weight is 281 g/mol. The molecule has 1 fully saturated rings. The molecule has 2 rings (SSSR count). The molecule has 1 atom stereocenters. The number of likely N-dealkylation sites (N-methyl/N-ethyl adjacent to an activating group) is 2. The zero-order chi connectivity index (χ0) is 13.9. The molecular weight excluding hydrogens is 256 g/mol. The number of piperidine rings is 1. The van der Waals surface area contributed by atoms with E-state index in [2.05, 4.69) is 43.1 Å². The number of benzene rings is 1. The average Bonchev–Trinajstić information content (AvgIpc) is 2.36. The Morgan fingerprint density at radius 3 is 2.79 bits per heavy atom. The Bertz CT molecular complexity index is 419. The largest absolute Gasteiger partial charge is 0.305 e. The van der Waals surface area contributed by atoms with E-state index >= 15 is 0 Å². The minimum atomic E-state index is 0.315. The summed E-state index contributed by atoms with van der Waals surface area (Å²) in [7, 11) is 6.67. The summed E-state index contributed by atoms with van der Waals surface area (Å²) in [6, 6.07) is 8.27. The highest BCUT2D eigenvalue weighted by atomic mass is 35.5. The second-order valence-corrected chi connectivity index (χ2v) is 6.53. The number of rotatable bonds is 4. The van der Waals surface area contributed by atoms with Crippen molar-refractivity contribution in [3.63, 3.8) is 0 Å². The monoisotopic (exact) mass is 280 g/mol. The lowest BCUT2D eigenvalue weighted by atomic mass is 9.82. The van der Waals surface area contributed by atoms with Crippen LogP contribution in [0.4, 0.5) is 0 Å². The Morgan fingerprint density at radius 2 is 2.16 bits per heavy atom. The normalized spacial score (nSPS) is 24.9. The van der Waals surface area contributed by atoms with Crippen LogP contribution in [0.1, 0.15) is 24.8 Å². The Labute approximate surface area is 122 Å². The first-order valence-corrected chi connectivity index (χ1v) is 7.50. The van der Waals surface area contributed by atoms with Crippen molar-refractivity contribution in [3.8, 4) is 0 Å². The molecule has 19 heavy (non-hydrogen) atoms. The zero-order valence-electron chi connectivity index (χ0n) is 12.3. The Balaban J connectivity index is 2.05. The van der Waals surface area contributed by atoms with Crippen molar-refractivity contribution in [2.24, 2.45) is 0 Å². The molecule has 0 bridgehead atoms. The van der Waals surface area contributed by atoms with Gasteiger partial charge in [-0.25, -0.2) is 0 Å². The summed E-state index contributed by atoms with van der Waals surface area (Å²) in [5, 5.41) is 0.845. The molecule has 3 heteroatoms. The predicted octanol–water partition coefficient (Wildman–Crippen LogP) is 3.30. The SMILES string of the molecule is CN1CCC[C@@](CCc2cccc(Cl)c2)(N(C)C)C1. The van der Waals surface area contributed by atoms with Crippen molar-refractivity contribution in [1.29, 1.82) is 0 Å². The maximum absolute atomic E-state index is 6.07. The van der Waals surface area contributed by atoms with Crippen LogP contribution in [-0.4, -0.2) is 49.6 Å². The van der Waals surface area contributed by atoms with Gasteiger partial charge in [-0.05, 0) is 71.1 Å². The van der Waals surface area contributed by atoms with Gasteiger partial charge >= 0.3 is 0 Å². The summed E-state index contributed by atoms with van der Waals surface area (Å²) >= 11 is 6.07. The first-order valence-electron chi connectivity index (χ1n) is 7.12. The van der Waals surface area contributed by atoms with E-state index < -0.39 is 0 Å². The first kappa shape index (κ1) is 14.8. The summed E-state index contributed by atoms with van der Waals surface area (Å²) in [6.07, 6.45) is 4.90. The first-order chi connectivity index (χ1) is 9.02. The molecule has 0 unspecified atom stereocenters. The molecule has 0 radical (unpaired) electrons. The van der Waals surface area contributed by atoms with Crippen LogP contribution in [0.2, 0.25) is 5.02 Å². The van der Waals surface area contributed by atoms with Gasteiger partial charge in [0, 0.05) is 17.1 Å². The van der Waals surface area contributed by atoms with Gasteiger partial charge in [0.2, 0.25) is 0 Å². The molecule has 0 aliphatic carbocycles. The standard InChI is InChI=1S/C16H25ClN2/c1-18(2)16(9-5-11-19(3)13-16)10-8-14-6-4-7-15(17)12-14/h4,6-7,12H,5,8-11,13H2,1-3H3/t16-/m0/s1. The van der Waals surface area contributed by atoms with E-state index in [1.54, 1.807) is 0 Å². The quantitative estimate of drug-likeness (QED) is 0.835. The van der Waals surface area contributed by atoms with Gasteiger partial charge in [0.25, 0.3) is 0 Å². The van der Waals surface area contributed by atoms with Gasteiger partial charge in [0.05, 0.1) is 0 Å². The Morgan fingerprint density at radius 1 is 1.37 bits per heavy atom. The van der Waals surface area contributed by atoms with Gasteiger partial charge in [-0.3, -0.25) is 0 Å². The molecule has 0 amide bonds. The maximum atomic E-state index is 6.07. The summed E-state index contributed by atoms with van der Waals surface area (Å²) < 4.78 is 0. The predicted molar refractivity (Wildman–Crippen MR) is 82.9 cm³/mol. The molecule has 2 nitrogen and oxygen atoms in total. The van der Waals surface area contributed by atoms with E-state index in [1.165, 1.54) is 37.9 Å². The van der Waals surface area contributed by atoms with E-state index in [0.717, 1.165) is 11.4 Å². The number of likely N-dealkylation sites (tertiary alicyclic amines) is 1. The summed E-state index contributed by atoms with van der Waals surface area (Å²) in [6.45, 7) is 2.40. The number of hydrogen-bond acceptors (Lipinski definition) is 2. The molecular formula is C16H25ClN2. The van der Waals surface area contributed by atoms with E-state index in [4.69, 9.17) is 11.6 Å². The summed E-state index contributed by atoms with van der Waals surface area (Å²) in [5.74, 6) is 0. The molecule has 0 spiro atoms. The molecule has 0 saturated carbocycles. The number of hydrogen-bond donors (Lipinski definition) is 0. The van der Waals surface area contributed by atoms with E-state index in [-0.39, 0.29) is 0 Å². The smallest absolute Gasteiger partial charge is 0.0408 e. The minimum Gasteiger partial charge on any atom is -0.305 e. The molecule has 1 aromatic carbocycles. The van der Waals surface area contributed by atoms with Crippen LogP contribution < -0.4 is 0 Å². The molecule has 1 aliphatic heterocycles. The van der Waals surface area contributed by atoms with Crippen LogP contribution in [-0.2, 0) is 6.42 Å². The van der Waals surface area contributed by atoms with Crippen LogP contribution >= 0.6 is 11.6 Å². The molecule has 1 aliphatic rings. The van der Waals surface area contributed by atoms with Gasteiger partial charge in [-0.1, -0.05) is 23.7 Å². The van der Waals surface area contributed by atoms with Crippen molar-refractivity contribution in [1.82, 2.24) is 9.80 Å². The second kappa shape index (κ2) is 6.25. The molecule has 0 N–H and O–H groups in total. The topological polar surface area (TPSA) is 6.48 Å². The van der Waals surface area contributed by atoms with Gasteiger partial charge in [0.15, 0.2) is 0 Å². The van der Waals surface area contributed by atoms with Crippen LogP contribution in [0, 0.1) is 0 Å². The highest BCUT2D eigenvalue weighted by molar-refractivity contribution is 6.30. The van der Waals surface area contributed by atoms with Gasteiger partial charge in [-0.15, -0.1) is 0 Å². The lowest BCUT2D eigenvalue weighted by Gasteiger charge is -2.46. The minimum absolute atomic E-state index is 0.315. The molecule has 1 heterocycles. The van der Waals surface area contributed by atoms with Crippen molar-refractivity contribution < 1.29 is 0 Å². The number of halogens is 1. The Hall–Kier alpha value is -0.570. The van der Waals surface area contributed by atoms with Gasteiger partial charge in [-0.2, -0.15) is 0 Å². The fraction of sp³-hybridized carbons (Fsp3) is 0.625. The maximum Gasteiger partial charge on any atom is 0.0408 e. The van der Waals surface area contributed by atoms with Crippen LogP contribution in [0.3, 0.4) is 0 Å². The highest BCUT2D eigenvalue weighted by Crippen LogP contribution is 2.30. The van der Waals surface area contributed by atoms with E-state index in [9.17, 15) is 0 Å². The van der Waals surface area contributed by atoms with E-state index in [0.29, 0.717) is 5.54 Å². The fourth-order valence-corrected chi connectivity index (χ4v) is 3.41. The van der Waals surface area contributed by atoms with Crippen molar-refractivity contribution >= 4 is 11.6 Å². The van der Waals surface area contributed by atoms with Crippen LogP contribution in [0.5, 0.6) is 0 Å². The lowest BCUT2D eigenvalue weighted by molar-refractivity contribution is 0.0493. The van der Waals surface area contributed by atoms with Gasteiger partial charge < -0.3 is 9.80 Å². The third kappa shape index (κ3) is 3.71. The van der Waals surface area contributed by atoms with Crippen molar-refractivity contribution in [2.45, 2.75) is 31.2 Å².